The zero-order chi connectivity index (χ0) is 18.9. The van der Waals surface area contributed by atoms with Crippen LogP contribution in [0.1, 0.15) is 32.2 Å². The molecule has 8 heteroatoms. The summed E-state index contributed by atoms with van der Waals surface area (Å²) in [6.45, 7) is 3.00. The first-order valence-electron chi connectivity index (χ1n) is 9.24. The fourth-order valence-corrected chi connectivity index (χ4v) is 3.25. The number of aryl methyl sites for hydroxylation is 1. The summed E-state index contributed by atoms with van der Waals surface area (Å²) in [7, 11) is 0. The van der Waals surface area contributed by atoms with Crippen molar-refractivity contribution in [1.82, 2.24) is 39.6 Å². The maximum absolute atomic E-state index is 4.70. The Morgan fingerprint density at radius 3 is 2.86 bits per heavy atom. The van der Waals surface area contributed by atoms with Crippen LogP contribution < -0.4 is 0 Å². The molecule has 0 aliphatic rings. The monoisotopic (exact) mass is 386 g/mol. The van der Waals surface area contributed by atoms with Gasteiger partial charge in [0, 0.05) is 36.3 Å². The number of hydrogen-bond acceptors (Lipinski definition) is 6. The number of fused-ring (bicyclic) bond motifs is 2. The predicted molar refractivity (Wildman–Crippen MR) is 111 cm³/mol. The van der Waals surface area contributed by atoms with Gasteiger partial charge in [-0.05, 0) is 30.2 Å². The van der Waals surface area contributed by atoms with Crippen LogP contribution in [0.25, 0.3) is 27.9 Å². The minimum atomic E-state index is 0. The molecule has 5 aromatic rings. The van der Waals surface area contributed by atoms with Gasteiger partial charge in [0.15, 0.2) is 5.82 Å². The van der Waals surface area contributed by atoms with Crippen LogP contribution >= 0.6 is 0 Å². The van der Waals surface area contributed by atoms with Gasteiger partial charge in [-0.1, -0.05) is 26.5 Å². The maximum Gasteiger partial charge on any atom is 0.271 e. The second kappa shape index (κ2) is 7.75. The van der Waals surface area contributed by atoms with E-state index >= 15 is 0 Å². The summed E-state index contributed by atoms with van der Waals surface area (Å²) in [5, 5.41) is 18.6. The quantitative estimate of drug-likeness (QED) is 0.459. The second-order valence-electron chi connectivity index (χ2n) is 6.67. The lowest BCUT2D eigenvalue weighted by Crippen LogP contribution is -2.03. The van der Waals surface area contributed by atoms with Crippen molar-refractivity contribution < 1.29 is 0 Å². The summed E-state index contributed by atoms with van der Waals surface area (Å²) >= 11 is 0. The Morgan fingerprint density at radius 2 is 1.97 bits per heavy atom. The van der Waals surface area contributed by atoms with Crippen LogP contribution in [0.2, 0.25) is 0 Å². The average Bonchev–Trinajstić information content (AvgIpc) is 3.35. The first-order chi connectivity index (χ1) is 13.8. The van der Waals surface area contributed by atoms with Gasteiger partial charge >= 0.3 is 0 Å². The van der Waals surface area contributed by atoms with Crippen LogP contribution in [0.5, 0.6) is 0 Å². The molecular weight excluding hydrogens is 364 g/mol. The Hall–Kier alpha value is -3.68. The molecule has 5 rings (SSSR count). The predicted octanol–water partition coefficient (Wildman–Crippen LogP) is 3.57. The van der Waals surface area contributed by atoms with E-state index in [1.165, 1.54) is 0 Å². The normalized spacial score (nSPS) is 11.1. The van der Waals surface area contributed by atoms with Crippen molar-refractivity contribution in [3.63, 3.8) is 0 Å². The van der Waals surface area contributed by atoms with Crippen LogP contribution in [-0.4, -0.2) is 39.6 Å². The van der Waals surface area contributed by atoms with Crippen LogP contribution in [0.3, 0.4) is 0 Å². The van der Waals surface area contributed by atoms with E-state index in [-0.39, 0.29) is 7.43 Å². The van der Waals surface area contributed by atoms with Crippen LogP contribution in [0.4, 0.5) is 0 Å². The van der Waals surface area contributed by atoms with Gasteiger partial charge in [0.2, 0.25) is 0 Å². The molecule has 0 fully saturated rings. The number of hydrogen-bond donors (Lipinski definition) is 0. The lowest BCUT2D eigenvalue weighted by molar-refractivity contribution is 0.603. The van der Waals surface area contributed by atoms with E-state index < -0.39 is 0 Å². The highest BCUT2D eigenvalue weighted by Crippen LogP contribution is 2.18. The molecule has 0 aliphatic carbocycles. The highest BCUT2D eigenvalue weighted by Gasteiger charge is 2.12. The number of nitrogens with zero attached hydrogens (tertiary/aromatic N) is 8. The first-order valence-corrected chi connectivity index (χ1v) is 9.24. The molecule has 146 valence electrons. The molecule has 29 heavy (non-hydrogen) atoms. The third-order valence-electron chi connectivity index (χ3n) is 4.61. The van der Waals surface area contributed by atoms with Crippen LogP contribution in [0.15, 0.2) is 55.1 Å². The van der Waals surface area contributed by atoms with Crippen LogP contribution in [0, 0.1) is 0 Å². The summed E-state index contributed by atoms with van der Waals surface area (Å²) in [5.74, 6) is 1.23. The molecule has 1 aromatic carbocycles. The topological polar surface area (TPSA) is 86.7 Å². The van der Waals surface area contributed by atoms with Gasteiger partial charge in [-0.3, -0.25) is 9.67 Å². The van der Waals surface area contributed by atoms with E-state index in [0.717, 1.165) is 46.5 Å². The average molecular weight is 386 g/mol. The molecule has 0 aliphatic heterocycles. The van der Waals surface area contributed by atoms with Gasteiger partial charge in [-0.15, -0.1) is 10.2 Å². The summed E-state index contributed by atoms with van der Waals surface area (Å²) < 4.78 is 3.62. The van der Waals surface area contributed by atoms with E-state index in [9.17, 15) is 0 Å². The molecule has 0 saturated carbocycles. The largest absolute Gasteiger partial charge is 0.272 e. The van der Waals surface area contributed by atoms with Crippen molar-refractivity contribution in [2.75, 3.05) is 0 Å². The molecule has 0 bridgehead atoms. The Morgan fingerprint density at radius 1 is 1.03 bits per heavy atom. The van der Waals surface area contributed by atoms with Crippen LogP contribution in [-0.2, 0) is 13.0 Å². The first kappa shape index (κ1) is 18.7. The lowest BCUT2D eigenvalue weighted by atomic mass is 10.1. The SMILES string of the molecule is C.CCCn1cc(-c2cnc3nnc(Cc4ccc5ncccc5c4)n3n2)cn1. The van der Waals surface area contributed by atoms with Crippen molar-refractivity contribution >= 4 is 16.7 Å². The Kier molecular flexibility index (Phi) is 4.99. The van der Waals surface area contributed by atoms with Gasteiger partial charge in [-0.2, -0.15) is 14.7 Å². The third kappa shape index (κ3) is 3.56. The maximum atomic E-state index is 4.70. The molecule has 4 aromatic heterocycles. The molecule has 0 atom stereocenters. The van der Waals surface area contributed by atoms with Gasteiger partial charge in [0.05, 0.1) is 17.9 Å². The van der Waals surface area contributed by atoms with E-state index in [1.807, 2.05) is 29.2 Å². The second-order valence-corrected chi connectivity index (χ2v) is 6.67. The minimum absolute atomic E-state index is 0. The highest BCUT2D eigenvalue weighted by molar-refractivity contribution is 5.79. The zero-order valence-corrected chi connectivity index (χ0v) is 15.4. The summed E-state index contributed by atoms with van der Waals surface area (Å²) in [4.78, 5) is 8.77. The molecule has 0 radical (unpaired) electrons. The van der Waals surface area contributed by atoms with E-state index in [2.05, 4.69) is 50.4 Å². The van der Waals surface area contributed by atoms with E-state index in [0.29, 0.717) is 12.2 Å². The van der Waals surface area contributed by atoms with E-state index in [1.54, 1.807) is 16.9 Å². The molecular formula is C21H22N8. The van der Waals surface area contributed by atoms with Gasteiger partial charge < -0.3 is 0 Å². The smallest absolute Gasteiger partial charge is 0.271 e. The highest BCUT2D eigenvalue weighted by atomic mass is 15.4. The molecule has 0 N–H and O–H groups in total. The molecule has 0 spiro atoms. The minimum Gasteiger partial charge on any atom is -0.272 e. The Bertz CT molecular complexity index is 1270. The van der Waals surface area contributed by atoms with Crippen molar-refractivity contribution in [1.29, 1.82) is 0 Å². The van der Waals surface area contributed by atoms with Crippen molar-refractivity contribution in [2.24, 2.45) is 0 Å². The van der Waals surface area contributed by atoms with Crippen molar-refractivity contribution in [3.05, 3.63) is 66.5 Å². The Labute approximate surface area is 168 Å². The van der Waals surface area contributed by atoms with Gasteiger partial charge in [-0.25, -0.2) is 4.98 Å². The van der Waals surface area contributed by atoms with Crippen molar-refractivity contribution in [3.8, 4) is 11.3 Å². The molecule has 0 saturated heterocycles. The number of benzene rings is 1. The number of pyridine rings is 1. The Balaban J connectivity index is 0.00000205. The lowest BCUT2D eigenvalue weighted by Gasteiger charge is -2.03. The zero-order valence-electron chi connectivity index (χ0n) is 15.4. The number of aromatic nitrogens is 8. The van der Waals surface area contributed by atoms with E-state index in [4.69, 9.17) is 5.10 Å². The fraction of sp³-hybridized carbons (Fsp3) is 0.238. The molecule has 0 amide bonds. The third-order valence-corrected chi connectivity index (χ3v) is 4.61. The summed E-state index contributed by atoms with van der Waals surface area (Å²) in [6, 6.07) is 10.2. The summed E-state index contributed by atoms with van der Waals surface area (Å²) in [6.07, 6.45) is 8.95. The van der Waals surface area contributed by atoms with Gasteiger partial charge in [0.1, 0.15) is 5.69 Å². The molecule has 4 heterocycles. The molecule has 8 nitrogen and oxygen atoms in total. The van der Waals surface area contributed by atoms with Crippen molar-refractivity contribution in [2.45, 2.75) is 33.7 Å². The van der Waals surface area contributed by atoms with Gasteiger partial charge in [0.25, 0.3) is 5.78 Å². The molecule has 0 unspecified atom stereocenters. The number of rotatable bonds is 5. The summed E-state index contributed by atoms with van der Waals surface area (Å²) in [5.41, 5.74) is 3.78. The standard InChI is InChI=1S/C20H18N8.CH4/c1-2-8-27-13-16(11-23-27)18-12-22-20-25-24-19(28(20)26-18)10-14-5-6-17-15(9-14)4-3-7-21-17;/h3-7,9,11-13H,2,8,10H2,1H3;1H4. The fourth-order valence-electron chi connectivity index (χ4n) is 3.25.